The summed E-state index contributed by atoms with van der Waals surface area (Å²) in [7, 11) is 0. The molecule has 6 nitrogen and oxygen atoms in total. The van der Waals surface area contributed by atoms with Crippen LogP contribution in [0, 0.1) is 0 Å². The summed E-state index contributed by atoms with van der Waals surface area (Å²) in [5.74, 6) is -0.0142. The first kappa shape index (κ1) is 10.8. The van der Waals surface area contributed by atoms with Crippen molar-refractivity contribution in [2.45, 2.75) is 9.24 Å². The summed E-state index contributed by atoms with van der Waals surface area (Å²) in [6.07, 6.45) is 1.59. The van der Waals surface area contributed by atoms with Gasteiger partial charge in [-0.25, -0.2) is 0 Å². The molecule has 0 bridgehead atoms. The summed E-state index contributed by atoms with van der Waals surface area (Å²) in [6.45, 7) is 0. The number of pyridine rings is 1. The van der Waals surface area contributed by atoms with E-state index in [0.29, 0.717) is 5.69 Å². The van der Waals surface area contributed by atoms with E-state index in [9.17, 15) is 0 Å². The lowest BCUT2D eigenvalue weighted by atomic mass is 10.3. The Morgan fingerprint density at radius 2 is 2.44 bits per heavy atom. The maximum Gasteiger partial charge on any atom is 0.188 e. The molecule has 0 aliphatic rings. The molecule has 16 heavy (non-hydrogen) atoms. The van der Waals surface area contributed by atoms with Gasteiger partial charge in [-0.2, -0.15) is 0 Å². The van der Waals surface area contributed by atoms with Crippen molar-refractivity contribution < 1.29 is 5.21 Å². The van der Waals surface area contributed by atoms with E-state index in [-0.39, 0.29) is 5.84 Å². The van der Waals surface area contributed by atoms with E-state index in [0.717, 1.165) is 9.24 Å². The summed E-state index contributed by atoms with van der Waals surface area (Å²) in [4.78, 5) is 4.89. The summed E-state index contributed by atoms with van der Waals surface area (Å²) >= 11 is 2.90. The highest BCUT2D eigenvalue weighted by Gasteiger charge is 2.05. The Hall–Kier alpha value is -1.67. The van der Waals surface area contributed by atoms with E-state index in [1.807, 2.05) is 6.07 Å². The van der Waals surface area contributed by atoms with Crippen LogP contribution < -0.4 is 5.73 Å². The Kier molecular flexibility index (Phi) is 3.32. The molecule has 0 spiro atoms. The van der Waals surface area contributed by atoms with Crippen LogP contribution in [0.5, 0.6) is 0 Å². The van der Waals surface area contributed by atoms with E-state index in [2.05, 4.69) is 20.3 Å². The molecule has 8 heteroatoms. The molecule has 0 amide bonds. The molecule has 0 saturated carbocycles. The fraction of sp³-hybridized carbons (Fsp3) is 0. The summed E-state index contributed by atoms with van der Waals surface area (Å²) in [6, 6.07) is 3.54. The zero-order chi connectivity index (χ0) is 11.4. The maximum absolute atomic E-state index is 8.53. The van der Waals surface area contributed by atoms with E-state index >= 15 is 0 Å². The molecule has 0 saturated heterocycles. The van der Waals surface area contributed by atoms with Gasteiger partial charge in [0.2, 0.25) is 0 Å². The van der Waals surface area contributed by atoms with Crippen molar-refractivity contribution in [3.05, 3.63) is 29.5 Å². The van der Waals surface area contributed by atoms with Crippen LogP contribution in [0.2, 0.25) is 0 Å². The largest absolute Gasteiger partial charge is 0.409 e. The molecular weight excluding hydrogens is 246 g/mol. The number of hydrogen-bond acceptors (Lipinski definition) is 7. The first-order valence-electron chi connectivity index (χ1n) is 4.17. The van der Waals surface area contributed by atoms with Crippen LogP contribution >= 0.6 is 23.1 Å². The van der Waals surface area contributed by atoms with Crippen LogP contribution in [0.4, 0.5) is 0 Å². The minimum absolute atomic E-state index is 0.0142. The van der Waals surface area contributed by atoms with Gasteiger partial charge >= 0.3 is 0 Å². The number of amidine groups is 1. The number of aromatic nitrogens is 3. The van der Waals surface area contributed by atoms with Crippen molar-refractivity contribution in [1.82, 2.24) is 15.2 Å². The highest BCUT2D eigenvalue weighted by Crippen LogP contribution is 2.28. The van der Waals surface area contributed by atoms with E-state index in [4.69, 9.17) is 10.9 Å². The summed E-state index contributed by atoms with van der Waals surface area (Å²) < 4.78 is 0.830. The Morgan fingerprint density at radius 3 is 3.12 bits per heavy atom. The van der Waals surface area contributed by atoms with E-state index in [1.54, 1.807) is 17.8 Å². The van der Waals surface area contributed by atoms with E-state index in [1.165, 1.54) is 23.1 Å². The van der Waals surface area contributed by atoms with Crippen LogP contribution in [0.3, 0.4) is 0 Å². The van der Waals surface area contributed by atoms with Gasteiger partial charge in [-0.3, -0.25) is 4.98 Å². The molecular formula is C8H7N5OS2. The Balaban J connectivity index is 2.23. The number of rotatable bonds is 3. The van der Waals surface area contributed by atoms with Gasteiger partial charge in [-0.15, -0.1) is 10.2 Å². The molecule has 0 atom stereocenters. The van der Waals surface area contributed by atoms with Crippen molar-refractivity contribution in [2.75, 3.05) is 0 Å². The number of nitrogens with two attached hydrogens (primary N) is 1. The first-order valence-corrected chi connectivity index (χ1v) is 5.87. The van der Waals surface area contributed by atoms with Gasteiger partial charge in [0.05, 0.1) is 0 Å². The van der Waals surface area contributed by atoms with Crippen LogP contribution in [0.25, 0.3) is 0 Å². The smallest absolute Gasteiger partial charge is 0.188 e. The first-order chi connectivity index (χ1) is 7.79. The van der Waals surface area contributed by atoms with Crippen molar-refractivity contribution in [3.63, 3.8) is 0 Å². The lowest BCUT2D eigenvalue weighted by Gasteiger charge is -2.00. The molecule has 82 valence electrons. The van der Waals surface area contributed by atoms with Crippen LogP contribution in [0.1, 0.15) is 5.69 Å². The topological polar surface area (TPSA) is 97.3 Å². The van der Waals surface area contributed by atoms with Crippen LogP contribution in [-0.4, -0.2) is 26.2 Å². The lowest BCUT2D eigenvalue weighted by Crippen LogP contribution is -2.14. The predicted molar refractivity (Wildman–Crippen MR) is 60.8 cm³/mol. The SMILES string of the molecule is NC(=NO)c1cc(Sc2nncs2)ccn1. The second-order valence-corrected chi connectivity index (χ2v) is 4.82. The molecule has 2 rings (SSSR count). The molecule has 0 fully saturated rings. The third-order valence-electron chi connectivity index (χ3n) is 1.65. The molecule has 3 N–H and O–H groups in total. The Morgan fingerprint density at radius 1 is 1.56 bits per heavy atom. The normalized spacial score (nSPS) is 11.6. The fourth-order valence-electron chi connectivity index (χ4n) is 0.974. The van der Waals surface area contributed by atoms with Gasteiger partial charge in [-0.05, 0) is 12.1 Å². The van der Waals surface area contributed by atoms with Gasteiger partial charge in [0, 0.05) is 11.1 Å². The van der Waals surface area contributed by atoms with Gasteiger partial charge in [0.15, 0.2) is 10.2 Å². The molecule has 0 aliphatic carbocycles. The van der Waals surface area contributed by atoms with E-state index < -0.39 is 0 Å². The minimum atomic E-state index is -0.0142. The predicted octanol–water partition coefficient (Wildman–Crippen LogP) is 1.18. The third-order valence-corrected chi connectivity index (χ3v) is 3.41. The second-order valence-electron chi connectivity index (χ2n) is 2.67. The van der Waals surface area contributed by atoms with Gasteiger partial charge in [0.25, 0.3) is 0 Å². The molecule has 2 aromatic rings. The maximum atomic E-state index is 8.53. The Labute approximate surface area is 99.2 Å². The van der Waals surface area contributed by atoms with Crippen molar-refractivity contribution >= 4 is 28.9 Å². The third kappa shape index (κ3) is 2.47. The fourth-order valence-corrected chi connectivity index (χ4v) is 2.45. The number of hydrogen-bond donors (Lipinski definition) is 2. The monoisotopic (exact) mass is 253 g/mol. The number of nitrogens with zero attached hydrogens (tertiary/aromatic N) is 4. The molecule has 2 heterocycles. The zero-order valence-corrected chi connectivity index (χ0v) is 9.57. The van der Waals surface area contributed by atoms with Gasteiger partial charge in [0.1, 0.15) is 11.2 Å². The Bertz CT molecular complexity index is 499. The quantitative estimate of drug-likeness (QED) is 0.369. The summed E-state index contributed by atoms with van der Waals surface area (Å²) in [5, 5.41) is 19.1. The average Bonchev–Trinajstić information content (AvgIpc) is 2.81. The average molecular weight is 253 g/mol. The van der Waals surface area contributed by atoms with Gasteiger partial charge in [-0.1, -0.05) is 28.3 Å². The van der Waals surface area contributed by atoms with Crippen molar-refractivity contribution in [1.29, 1.82) is 0 Å². The second kappa shape index (κ2) is 4.90. The lowest BCUT2D eigenvalue weighted by molar-refractivity contribution is 0.318. The van der Waals surface area contributed by atoms with Crippen molar-refractivity contribution in [2.24, 2.45) is 10.9 Å². The molecule has 2 aromatic heterocycles. The number of oxime groups is 1. The molecule has 0 aliphatic heterocycles. The molecule has 0 radical (unpaired) electrons. The summed E-state index contributed by atoms with van der Waals surface area (Å²) in [5.41, 5.74) is 7.53. The van der Waals surface area contributed by atoms with Crippen molar-refractivity contribution in [3.8, 4) is 0 Å². The van der Waals surface area contributed by atoms with Crippen LogP contribution in [0.15, 0.2) is 38.2 Å². The van der Waals surface area contributed by atoms with Crippen LogP contribution in [-0.2, 0) is 0 Å². The standard InChI is InChI=1S/C8H7N5OS2/c9-7(13-14)6-3-5(1-2-10-6)16-8-12-11-4-15-8/h1-4,14H,(H2,9,13). The highest BCUT2D eigenvalue weighted by atomic mass is 32.2. The molecule has 0 aromatic carbocycles. The highest BCUT2D eigenvalue weighted by molar-refractivity contribution is 8.01. The zero-order valence-electron chi connectivity index (χ0n) is 7.94. The minimum Gasteiger partial charge on any atom is -0.409 e. The molecule has 0 unspecified atom stereocenters. The van der Waals surface area contributed by atoms with Gasteiger partial charge < -0.3 is 10.9 Å².